The van der Waals surface area contributed by atoms with Gasteiger partial charge < -0.3 is 4.74 Å². The fourth-order valence-corrected chi connectivity index (χ4v) is 1.07. The number of nitro benzene ring substituents is 1. The van der Waals surface area contributed by atoms with Gasteiger partial charge in [-0.25, -0.2) is 0 Å². The van der Waals surface area contributed by atoms with Crippen LogP contribution in [-0.2, 0) is 0 Å². The molecule has 0 radical (unpaired) electrons. The Morgan fingerprint density at radius 1 is 1.62 bits per heavy atom. The van der Waals surface area contributed by atoms with E-state index in [1.54, 1.807) is 13.0 Å². The minimum Gasteiger partial charge on any atom is -0.478 e. The first kappa shape index (κ1) is 11.5. The standard InChI is InChI=1S/C11H8N2O3/c1-3-8(2)16-10-5-4-9(7-12)11(6-10)13(14)15/h1,4-6,8H,2H3. The van der Waals surface area contributed by atoms with Crippen LogP contribution in [0.3, 0.4) is 0 Å². The Kier molecular flexibility index (Phi) is 3.47. The van der Waals surface area contributed by atoms with Crippen LogP contribution in [0.5, 0.6) is 5.75 Å². The molecule has 0 aliphatic heterocycles. The molecule has 5 nitrogen and oxygen atoms in total. The van der Waals surface area contributed by atoms with Gasteiger partial charge in [-0.1, -0.05) is 5.92 Å². The summed E-state index contributed by atoms with van der Waals surface area (Å²) < 4.78 is 5.20. The lowest BCUT2D eigenvalue weighted by Crippen LogP contribution is -2.08. The highest BCUT2D eigenvalue weighted by molar-refractivity contribution is 5.52. The summed E-state index contributed by atoms with van der Waals surface area (Å²) in [4.78, 5) is 10.0. The molecule has 0 saturated heterocycles. The molecule has 1 aromatic rings. The van der Waals surface area contributed by atoms with Gasteiger partial charge >= 0.3 is 0 Å². The van der Waals surface area contributed by atoms with E-state index in [0.717, 1.165) is 0 Å². The lowest BCUT2D eigenvalue weighted by Gasteiger charge is -2.08. The Balaban J connectivity index is 3.09. The number of nitrogens with zero attached hydrogens (tertiary/aromatic N) is 2. The van der Waals surface area contributed by atoms with Crippen LogP contribution in [-0.4, -0.2) is 11.0 Å². The predicted octanol–water partition coefficient (Wildman–Crippen LogP) is 1.87. The molecule has 1 aromatic carbocycles. The third-order valence-electron chi connectivity index (χ3n) is 1.83. The summed E-state index contributed by atoms with van der Waals surface area (Å²) in [6.45, 7) is 1.64. The average Bonchev–Trinajstić information content (AvgIpc) is 2.28. The number of benzene rings is 1. The summed E-state index contributed by atoms with van der Waals surface area (Å²) in [5.74, 6) is 2.61. The van der Waals surface area contributed by atoms with E-state index < -0.39 is 11.0 Å². The first-order chi connectivity index (χ1) is 7.58. The van der Waals surface area contributed by atoms with Crippen molar-refractivity contribution < 1.29 is 9.66 Å². The smallest absolute Gasteiger partial charge is 0.290 e. The lowest BCUT2D eigenvalue weighted by atomic mass is 10.2. The van der Waals surface area contributed by atoms with Gasteiger partial charge in [0.25, 0.3) is 5.69 Å². The van der Waals surface area contributed by atoms with E-state index in [9.17, 15) is 10.1 Å². The molecule has 1 atom stereocenters. The fraction of sp³-hybridized carbons (Fsp3) is 0.182. The zero-order chi connectivity index (χ0) is 12.1. The molecule has 0 fully saturated rings. The van der Waals surface area contributed by atoms with Crippen molar-refractivity contribution >= 4 is 5.69 Å². The maximum absolute atomic E-state index is 10.6. The van der Waals surface area contributed by atoms with Gasteiger partial charge in [0.05, 0.1) is 11.0 Å². The minimum atomic E-state index is -0.633. The van der Waals surface area contributed by atoms with Gasteiger partial charge in [0.15, 0.2) is 6.10 Å². The van der Waals surface area contributed by atoms with Crippen LogP contribution >= 0.6 is 0 Å². The molecule has 1 unspecified atom stereocenters. The fourth-order valence-electron chi connectivity index (χ4n) is 1.07. The second kappa shape index (κ2) is 4.81. The van der Waals surface area contributed by atoms with Gasteiger partial charge in [0.1, 0.15) is 17.4 Å². The Morgan fingerprint density at radius 2 is 2.31 bits per heavy atom. The molecule has 0 aliphatic carbocycles. The maximum Gasteiger partial charge on any atom is 0.290 e. The van der Waals surface area contributed by atoms with Gasteiger partial charge in [-0.05, 0) is 19.1 Å². The van der Waals surface area contributed by atoms with E-state index in [-0.39, 0.29) is 17.0 Å². The van der Waals surface area contributed by atoms with E-state index >= 15 is 0 Å². The van der Waals surface area contributed by atoms with Crippen LogP contribution < -0.4 is 4.74 Å². The molecular formula is C11H8N2O3. The van der Waals surface area contributed by atoms with Crippen LogP contribution in [0.2, 0.25) is 0 Å². The number of terminal acetylenes is 1. The maximum atomic E-state index is 10.6. The Morgan fingerprint density at radius 3 is 2.81 bits per heavy atom. The van der Waals surface area contributed by atoms with E-state index in [0.29, 0.717) is 0 Å². The highest BCUT2D eigenvalue weighted by Gasteiger charge is 2.15. The summed E-state index contributed by atoms with van der Waals surface area (Å²) in [5, 5.41) is 19.3. The highest BCUT2D eigenvalue weighted by atomic mass is 16.6. The number of rotatable bonds is 3. The summed E-state index contributed by atoms with van der Waals surface area (Å²) >= 11 is 0. The first-order valence-corrected chi connectivity index (χ1v) is 4.39. The normalized spacial score (nSPS) is 10.9. The average molecular weight is 216 g/mol. The molecule has 0 aliphatic rings. The summed E-state index contributed by atoms with van der Waals surface area (Å²) in [6.07, 6.45) is 4.63. The van der Waals surface area contributed by atoms with Crippen LogP contribution in [0.1, 0.15) is 12.5 Å². The van der Waals surface area contributed by atoms with Crippen LogP contribution in [0.4, 0.5) is 5.69 Å². The number of hydrogen-bond donors (Lipinski definition) is 0. The molecule has 80 valence electrons. The second-order valence-electron chi connectivity index (χ2n) is 2.97. The second-order valence-corrected chi connectivity index (χ2v) is 2.97. The number of nitro groups is 1. The van der Waals surface area contributed by atoms with Gasteiger partial charge in [0, 0.05) is 0 Å². The molecule has 0 saturated carbocycles. The molecule has 0 amide bonds. The molecule has 1 rings (SSSR count). The number of hydrogen-bond acceptors (Lipinski definition) is 4. The van der Waals surface area contributed by atoms with Crippen molar-refractivity contribution in [2.75, 3.05) is 0 Å². The van der Waals surface area contributed by atoms with Gasteiger partial charge in [0.2, 0.25) is 0 Å². The van der Waals surface area contributed by atoms with Crippen molar-refractivity contribution in [2.24, 2.45) is 0 Å². The third-order valence-corrected chi connectivity index (χ3v) is 1.83. The van der Waals surface area contributed by atoms with E-state index in [1.807, 2.05) is 0 Å². The van der Waals surface area contributed by atoms with Crippen molar-refractivity contribution in [3.63, 3.8) is 0 Å². The molecule has 0 bridgehead atoms. The quantitative estimate of drug-likeness (QED) is 0.439. The molecule has 5 heteroatoms. The van der Waals surface area contributed by atoms with Gasteiger partial charge in [-0.2, -0.15) is 5.26 Å². The van der Waals surface area contributed by atoms with E-state index in [2.05, 4.69) is 5.92 Å². The van der Waals surface area contributed by atoms with E-state index in [4.69, 9.17) is 16.4 Å². The monoisotopic (exact) mass is 216 g/mol. The number of ether oxygens (including phenoxy) is 1. The molecular weight excluding hydrogens is 208 g/mol. The van der Waals surface area contributed by atoms with Crippen molar-refractivity contribution in [3.05, 3.63) is 33.9 Å². The predicted molar refractivity (Wildman–Crippen MR) is 56.7 cm³/mol. The Labute approximate surface area is 92.4 Å². The largest absolute Gasteiger partial charge is 0.478 e. The molecule has 16 heavy (non-hydrogen) atoms. The van der Waals surface area contributed by atoms with Crippen LogP contribution in [0, 0.1) is 33.8 Å². The molecule has 0 N–H and O–H groups in total. The molecule has 0 heterocycles. The zero-order valence-electron chi connectivity index (χ0n) is 8.51. The van der Waals surface area contributed by atoms with Crippen molar-refractivity contribution in [1.29, 1.82) is 5.26 Å². The van der Waals surface area contributed by atoms with Crippen LogP contribution in [0.25, 0.3) is 0 Å². The number of nitriles is 1. The van der Waals surface area contributed by atoms with Crippen LogP contribution in [0.15, 0.2) is 18.2 Å². The van der Waals surface area contributed by atoms with E-state index in [1.165, 1.54) is 18.2 Å². The molecule has 0 aromatic heterocycles. The highest BCUT2D eigenvalue weighted by Crippen LogP contribution is 2.24. The van der Waals surface area contributed by atoms with Crippen molar-refractivity contribution in [3.8, 4) is 24.2 Å². The topological polar surface area (TPSA) is 76.2 Å². The summed E-state index contributed by atoms with van der Waals surface area (Å²) in [7, 11) is 0. The Bertz CT molecular complexity index is 497. The molecule has 0 spiro atoms. The van der Waals surface area contributed by atoms with Gasteiger partial charge in [-0.3, -0.25) is 10.1 Å². The van der Waals surface area contributed by atoms with Crippen molar-refractivity contribution in [2.45, 2.75) is 13.0 Å². The summed E-state index contributed by atoms with van der Waals surface area (Å²) in [5.41, 5.74) is -0.296. The minimum absolute atomic E-state index is 0.00860. The SMILES string of the molecule is C#CC(C)Oc1ccc(C#N)c([N+](=O)[O-])c1. The third kappa shape index (κ3) is 2.49. The zero-order valence-corrected chi connectivity index (χ0v) is 8.51. The lowest BCUT2D eigenvalue weighted by molar-refractivity contribution is -0.385. The Hall–Kier alpha value is -2.53. The van der Waals surface area contributed by atoms with Crippen molar-refractivity contribution in [1.82, 2.24) is 0 Å². The summed E-state index contributed by atoms with van der Waals surface area (Å²) in [6, 6.07) is 5.72. The van der Waals surface area contributed by atoms with Gasteiger partial charge in [-0.15, -0.1) is 6.42 Å². The first-order valence-electron chi connectivity index (χ1n) is 4.39.